The maximum absolute atomic E-state index is 12.8. The summed E-state index contributed by atoms with van der Waals surface area (Å²) in [5.41, 5.74) is 2.83. The van der Waals surface area contributed by atoms with Crippen molar-refractivity contribution in [3.05, 3.63) is 77.1 Å². The first-order valence-corrected chi connectivity index (χ1v) is 12.9. The fraction of sp³-hybridized carbons (Fsp3) is 0.222. The first-order chi connectivity index (χ1) is 17.6. The summed E-state index contributed by atoms with van der Waals surface area (Å²) in [6.45, 7) is 0. The lowest BCUT2D eigenvalue weighted by Gasteiger charge is -2.39. The molecule has 0 spiro atoms. The number of amides is 1. The highest BCUT2D eigenvalue weighted by atomic mass is 35.5. The SMILES string of the molecule is COc1cc2c(cc1NC(=O)CSc1nnc(C3(c4ccc(Cl)cc4)CCC3)o1)oc1ccccc12. The number of hydrogen-bond donors (Lipinski definition) is 1. The summed E-state index contributed by atoms with van der Waals surface area (Å²) < 4.78 is 17.5. The molecule has 5 aromatic rings. The minimum atomic E-state index is -0.284. The third-order valence-corrected chi connectivity index (χ3v) is 7.79. The van der Waals surface area contributed by atoms with Crippen LogP contribution in [0.5, 0.6) is 5.75 Å². The first kappa shape index (κ1) is 22.9. The Bertz CT molecular complexity index is 1570. The highest BCUT2D eigenvalue weighted by Gasteiger charge is 2.45. The summed E-state index contributed by atoms with van der Waals surface area (Å²) in [6, 6.07) is 19.2. The zero-order valence-corrected chi connectivity index (χ0v) is 21.0. The Morgan fingerprint density at radius 3 is 2.61 bits per heavy atom. The van der Waals surface area contributed by atoms with Crippen LogP contribution in [0, 0.1) is 0 Å². The average molecular weight is 520 g/mol. The van der Waals surface area contributed by atoms with E-state index in [1.165, 1.54) is 11.8 Å². The molecule has 0 bridgehead atoms. The van der Waals surface area contributed by atoms with Crippen LogP contribution < -0.4 is 10.1 Å². The molecule has 2 heterocycles. The maximum Gasteiger partial charge on any atom is 0.277 e. The van der Waals surface area contributed by atoms with Crippen molar-refractivity contribution in [2.24, 2.45) is 0 Å². The van der Waals surface area contributed by atoms with Gasteiger partial charge < -0.3 is 18.9 Å². The number of rotatable bonds is 7. The molecule has 1 saturated carbocycles. The fourth-order valence-electron chi connectivity index (χ4n) is 4.72. The number of thioether (sulfide) groups is 1. The van der Waals surface area contributed by atoms with Crippen LogP contribution in [0.1, 0.15) is 30.7 Å². The summed E-state index contributed by atoms with van der Waals surface area (Å²) in [6.07, 6.45) is 2.96. The van der Waals surface area contributed by atoms with Gasteiger partial charge in [-0.15, -0.1) is 10.2 Å². The Labute approximate surface area is 216 Å². The molecule has 1 aliphatic rings. The van der Waals surface area contributed by atoms with Crippen molar-refractivity contribution in [2.75, 3.05) is 18.2 Å². The molecule has 0 unspecified atom stereocenters. The zero-order chi connectivity index (χ0) is 24.7. The molecule has 0 aliphatic heterocycles. The maximum atomic E-state index is 12.8. The van der Waals surface area contributed by atoms with Crippen LogP contribution in [0.15, 0.2) is 74.7 Å². The summed E-state index contributed by atoms with van der Waals surface area (Å²) in [4.78, 5) is 12.8. The van der Waals surface area contributed by atoms with Crippen molar-refractivity contribution in [3.63, 3.8) is 0 Å². The molecule has 1 amide bonds. The third kappa shape index (κ3) is 4.00. The van der Waals surface area contributed by atoms with Gasteiger partial charge in [0.15, 0.2) is 0 Å². The van der Waals surface area contributed by atoms with E-state index in [1.807, 2.05) is 54.6 Å². The Balaban J connectivity index is 1.16. The number of benzene rings is 3. The normalized spacial score (nSPS) is 14.6. The van der Waals surface area contributed by atoms with Gasteiger partial charge in [0.25, 0.3) is 5.22 Å². The molecule has 0 radical (unpaired) electrons. The molecule has 7 nitrogen and oxygen atoms in total. The van der Waals surface area contributed by atoms with Crippen molar-refractivity contribution in [1.82, 2.24) is 10.2 Å². The van der Waals surface area contributed by atoms with Crippen LogP contribution in [0.4, 0.5) is 5.69 Å². The van der Waals surface area contributed by atoms with Gasteiger partial charge in [-0.2, -0.15) is 0 Å². The molecule has 182 valence electrons. The van der Waals surface area contributed by atoms with Crippen molar-refractivity contribution in [1.29, 1.82) is 0 Å². The number of carbonyl (C=O) groups is 1. The van der Waals surface area contributed by atoms with Gasteiger partial charge in [0.1, 0.15) is 16.9 Å². The van der Waals surface area contributed by atoms with Crippen molar-refractivity contribution in [3.8, 4) is 5.75 Å². The number of aromatic nitrogens is 2. The molecular formula is C27H22ClN3O4S. The molecule has 9 heteroatoms. The zero-order valence-electron chi connectivity index (χ0n) is 19.4. The van der Waals surface area contributed by atoms with Gasteiger partial charge in [-0.1, -0.05) is 60.1 Å². The second-order valence-electron chi connectivity index (χ2n) is 8.80. The minimum Gasteiger partial charge on any atom is -0.495 e. The van der Waals surface area contributed by atoms with E-state index in [1.54, 1.807) is 13.2 Å². The number of fused-ring (bicyclic) bond motifs is 3. The van der Waals surface area contributed by atoms with E-state index in [2.05, 4.69) is 15.5 Å². The van der Waals surface area contributed by atoms with E-state index < -0.39 is 0 Å². The van der Waals surface area contributed by atoms with Gasteiger partial charge in [0, 0.05) is 21.9 Å². The quantitative estimate of drug-likeness (QED) is 0.235. The van der Waals surface area contributed by atoms with Crippen molar-refractivity contribution in [2.45, 2.75) is 29.9 Å². The number of carbonyl (C=O) groups excluding carboxylic acids is 1. The van der Waals surface area contributed by atoms with Gasteiger partial charge >= 0.3 is 0 Å². The van der Waals surface area contributed by atoms with Crippen LogP contribution >= 0.6 is 23.4 Å². The molecule has 0 saturated heterocycles. The first-order valence-electron chi connectivity index (χ1n) is 11.6. The topological polar surface area (TPSA) is 90.4 Å². The lowest BCUT2D eigenvalue weighted by molar-refractivity contribution is -0.113. The van der Waals surface area contributed by atoms with Crippen LogP contribution in [0.3, 0.4) is 0 Å². The number of nitrogens with zero attached hydrogens (tertiary/aromatic N) is 2. The van der Waals surface area contributed by atoms with E-state index in [-0.39, 0.29) is 17.1 Å². The number of anilines is 1. The van der Waals surface area contributed by atoms with Gasteiger partial charge in [0.2, 0.25) is 11.8 Å². The molecule has 0 atom stereocenters. The highest BCUT2D eigenvalue weighted by molar-refractivity contribution is 7.99. The molecular weight excluding hydrogens is 498 g/mol. The number of para-hydroxylation sites is 1. The summed E-state index contributed by atoms with van der Waals surface area (Å²) in [5, 5.41) is 14.4. The average Bonchev–Trinajstić information content (AvgIpc) is 3.47. The van der Waals surface area contributed by atoms with Gasteiger partial charge in [-0.25, -0.2) is 0 Å². The Morgan fingerprint density at radius 2 is 1.86 bits per heavy atom. The predicted molar refractivity (Wildman–Crippen MR) is 140 cm³/mol. The second-order valence-corrected chi connectivity index (χ2v) is 10.2. The van der Waals surface area contributed by atoms with E-state index in [0.717, 1.165) is 41.2 Å². The number of furan rings is 1. The fourth-order valence-corrected chi connectivity index (χ4v) is 5.41. The summed E-state index contributed by atoms with van der Waals surface area (Å²) >= 11 is 7.26. The van der Waals surface area contributed by atoms with Crippen molar-refractivity contribution < 1.29 is 18.4 Å². The Kier molecular flexibility index (Phi) is 5.85. The van der Waals surface area contributed by atoms with E-state index in [0.29, 0.717) is 33.2 Å². The van der Waals surface area contributed by atoms with Crippen molar-refractivity contribution >= 4 is 56.9 Å². The Hall–Kier alpha value is -3.49. The third-order valence-electron chi connectivity index (χ3n) is 6.72. The molecule has 1 fully saturated rings. The second kappa shape index (κ2) is 9.19. The predicted octanol–water partition coefficient (Wildman–Crippen LogP) is 6.83. The largest absolute Gasteiger partial charge is 0.495 e. The number of methoxy groups -OCH3 is 1. The monoisotopic (exact) mass is 519 g/mol. The smallest absolute Gasteiger partial charge is 0.277 e. The number of hydrogen-bond acceptors (Lipinski definition) is 7. The van der Waals surface area contributed by atoms with Gasteiger partial charge in [0.05, 0.1) is 24.0 Å². The van der Waals surface area contributed by atoms with E-state index in [9.17, 15) is 4.79 Å². The van der Waals surface area contributed by atoms with E-state index >= 15 is 0 Å². The Morgan fingerprint density at radius 1 is 1.06 bits per heavy atom. The van der Waals surface area contributed by atoms with Gasteiger partial charge in [-0.05, 0) is 42.7 Å². The number of ether oxygens (including phenoxy) is 1. The van der Waals surface area contributed by atoms with Crippen LogP contribution in [0.2, 0.25) is 5.02 Å². The molecule has 3 aromatic carbocycles. The highest BCUT2D eigenvalue weighted by Crippen LogP contribution is 2.49. The number of halogens is 1. The van der Waals surface area contributed by atoms with Crippen LogP contribution in [0.25, 0.3) is 21.9 Å². The summed E-state index contributed by atoms with van der Waals surface area (Å²) in [7, 11) is 1.57. The summed E-state index contributed by atoms with van der Waals surface area (Å²) in [5.74, 6) is 1.03. The molecule has 1 N–H and O–H groups in total. The number of nitrogens with one attached hydrogen (secondary N) is 1. The standard InChI is InChI=1S/C27H22ClN3O4S/c1-33-23-13-19-18-5-2-3-6-21(18)34-22(19)14-20(23)29-24(32)15-36-26-31-30-25(35-26)27(11-4-12-27)16-7-9-17(28)10-8-16/h2-3,5-10,13-14H,4,11-12,15H2,1H3,(H,29,32). The molecule has 1 aliphatic carbocycles. The van der Waals surface area contributed by atoms with E-state index in [4.69, 9.17) is 25.2 Å². The molecule has 36 heavy (non-hydrogen) atoms. The van der Waals surface area contributed by atoms with Crippen LogP contribution in [-0.4, -0.2) is 29.0 Å². The molecule has 2 aromatic heterocycles. The lowest BCUT2D eigenvalue weighted by atomic mass is 9.64. The van der Waals surface area contributed by atoms with Crippen LogP contribution in [-0.2, 0) is 10.2 Å². The lowest BCUT2D eigenvalue weighted by Crippen LogP contribution is -2.35. The minimum absolute atomic E-state index is 0.108. The van der Waals surface area contributed by atoms with Gasteiger partial charge in [-0.3, -0.25) is 4.79 Å². The molecule has 6 rings (SSSR count).